The number of ketones is 1. The molecule has 0 amide bonds. The van der Waals surface area contributed by atoms with Crippen molar-refractivity contribution < 1.29 is 4.79 Å². The smallest absolute Gasteiger partial charge is 0.133 e. The average Bonchev–Trinajstić information content (AvgIpc) is 2.34. The van der Waals surface area contributed by atoms with Crippen molar-refractivity contribution >= 4 is 17.4 Å². The summed E-state index contributed by atoms with van der Waals surface area (Å²) >= 11 is 0. The van der Waals surface area contributed by atoms with Gasteiger partial charge in [-0.2, -0.15) is 0 Å². The fourth-order valence-electron chi connectivity index (χ4n) is 2.04. The van der Waals surface area contributed by atoms with Gasteiger partial charge in [0.1, 0.15) is 23.7 Å². The van der Waals surface area contributed by atoms with Crippen molar-refractivity contribution in [2.24, 2.45) is 5.92 Å². The summed E-state index contributed by atoms with van der Waals surface area (Å²) in [4.78, 5) is 21.4. The molecule has 0 saturated heterocycles. The second kappa shape index (κ2) is 6.50. The Bertz CT molecular complexity index is 431. The molecule has 0 spiro atoms. The van der Waals surface area contributed by atoms with Crippen LogP contribution in [0.5, 0.6) is 0 Å². The summed E-state index contributed by atoms with van der Waals surface area (Å²) in [5, 5.41) is 3.36. The Kier molecular flexibility index (Phi) is 4.71. The molecule has 1 aromatic heterocycles. The number of nitrogens with one attached hydrogen (secondary N) is 1. The fraction of sp³-hybridized carbons (Fsp3) is 0.643. The van der Waals surface area contributed by atoms with Gasteiger partial charge in [-0.25, -0.2) is 9.97 Å². The molecule has 0 atom stereocenters. The number of hydrogen-bond acceptors (Lipinski definition) is 5. The van der Waals surface area contributed by atoms with E-state index in [1.807, 2.05) is 18.0 Å². The lowest BCUT2D eigenvalue weighted by atomic mass is 9.85. The topological polar surface area (TPSA) is 58.1 Å². The maximum absolute atomic E-state index is 11.0. The fourth-order valence-corrected chi connectivity index (χ4v) is 2.04. The van der Waals surface area contributed by atoms with Gasteiger partial charge in [0.15, 0.2) is 0 Å². The molecule has 19 heavy (non-hydrogen) atoms. The molecule has 104 valence electrons. The summed E-state index contributed by atoms with van der Waals surface area (Å²) in [5.74, 6) is 2.72. The molecule has 1 fully saturated rings. The van der Waals surface area contributed by atoms with Crippen molar-refractivity contribution in [2.45, 2.75) is 32.6 Å². The van der Waals surface area contributed by atoms with Gasteiger partial charge >= 0.3 is 0 Å². The molecule has 0 aliphatic heterocycles. The molecular weight excluding hydrogens is 240 g/mol. The number of aromatic nitrogens is 2. The van der Waals surface area contributed by atoms with Crippen LogP contribution in [0, 0.1) is 5.92 Å². The first kappa shape index (κ1) is 13.8. The van der Waals surface area contributed by atoms with Crippen LogP contribution in [0.4, 0.5) is 11.6 Å². The Morgan fingerprint density at radius 3 is 2.89 bits per heavy atom. The van der Waals surface area contributed by atoms with Crippen molar-refractivity contribution in [2.75, 3.05) is 30.4 Å². The maximum Gasteiger partial charge on any atom is 0.133 e. The molecule has 1 aliphatic carbocycles. The molecule has 0 unspecified atom stereocenters. The number of Topliss-reactive ketones (excluding diaryl/α,β-unsaturated/α-hetero) is 1. The van der Waals surface area contributed by atoms with Crippen molar-refractivity contribution in [1.29, 1.82) is 0 Å². The Labute approximate surface area is 114 Å². The second-order valence-electron chi connectivity index (χ2n) is 5.31. The lowest BCUT2D eigenvalue weighted by Gasteiger charge is -2.25. The van der Waals surface area contributed by atoms with Crippen molar-refractivity contribution in [3.05, 3.63) is 12.4 Å². The van der Waals surface area contributed by atoms with Gasteiger partial charge in [-0.3, -0.25) is 4.79 Å². The first-order chi connectivity index (χ1) is 9.15. The monoisotopic (exact) mass is 262 g/mol. The molecule has 5 heteroatoms. The summed E-state index contributed by atoms with van der Waals surface area (Å²) in [6.07, 6.45) is 6.12. The van der Waals surface area contributed by atoms with E-state index in [1.165, 1.54) is 19.3 Å². The van der Waals surface area contributed by atoms with Crippen molar-refractivity contribution in [3.63, 3.8) is 0 Å². The zero-order chi connectivity index (χ0) is 13.7. The van der Waals surface area contributed by atoms with Crippen molar-refractivity contribution in [1.82, 2.24) is 9.97 Å². The van der Waals surface area contributed by atoms with E-state index in [0.717, 1.165) is 24.1 Å². The quantitative estimate of drug-likeness (QED) is 0.815. The summed E-state index contributed by atoms with van der Waals surface area (Å²) in [6, 6.07) is 1.94. The molecule has 1 saturated carbocycles. The minimum absolute atomic E-state index is 0.198. The lowest BCUT2D eigenvalue weighted by molar-refractivity contribution is -0.116. The van der Waals surface area contributed by atoms with Gasteiger partial charge in [-0.15, -0.1) is 0 Å². The molecular formula is C14H22N4O. The molecule has 0 bridgehead atoms. The summed E-state index contributed by atoms with van der Waals surface area (Å²) in [7, 11) is 1.95. The van der Waals surface area contributed by atoms with Crippen LogP contribution >= 0.6 is 0 Å². The molecule has 1 aliphatic rings. The van der Waals surface area contributed by atoms with Crippen LogP contribution in [0.15, 0.2) is 12.4 Å². The number of rotatable bonds is 7. The summed E-state index contributed by atoms with van der Waals surface area (Å²) < 4.78 is 0. The van der Waals surface area contributed by atoms with Crippen LogP contribution in [0.25, 0.3) is 0 Å². The van der Waals surface area contributed by atoms with E-state index in [4.69, 9.17) is 0 Å². The third-order valence-electron chi connectivity index (χ3n) is 3.64. The number of hydrogen-bond donors (Lipinski definition) is 1. The molecule has 0 radical (unpaired) electrons. The number of carbonyl (C=O) groups excluding carboxylic acids is 1. The van der Waals surface area contributed by atoms with E-state index in [9.17, 15) is 4.79 Å². The van der Waals surface area contributed by atoms with Crippen LogP contribution in [0.1, 0.15) is 32.6 Å². The van der Waals surface area contributed by atoms with Gasteiger partial charge in [0.2, 0.25) is 0 Å². The maximum atomic E-state index is 11.0. The predicted octanol–water partition coefficient (Wildman–Crippen LogP) is 2.10. The zero-order valence-corrected chi connectivity index (χ0v) is 11.7. The minimum Gasteiger partial charge on any atom is -0.370 e. The SMILES string of the molecule is CC(=O)CCN(C)c1cc(NCC2CCC2)ncn1. The molecule has 2 rings (SSSR count). The summed E-state index contributed by atoms with van der Waals surface area (Å²) in [6.45, 7) is 3.29. The van der Waals surface area contributed by atoms with Crippen molar-refractivity contribution in [3.8, 4) is 0 Å². The van der Waals surface area contributed by atoms with Gasteiger partial charge in [0, 0.05) is 32.6 Å². The molecule has 0 aromatic carbocycles. The van der Waals surface area contributed by atoms with E-state index in [2.05, 4.69) is 15.3 Å². The highest BCUT2D eigenvalue weighted by molar-refractivity contribution is 5.76. The minimum atomic E-state index is 0.198. The van der Waals surface area contributed by atoms with E-state index < -0.39 is 0 Å². The standard InChI is InChI=1S/C14H22N4O/c1-11(19)6-7-18(2)14-8-13(16-10-17-14)15-9-12-4-3-5-12/h8,10,12H,3-7,9H2,1-2H3,(H,15,16,17). The van der Waals surface area contributed by atoms with Crippen LogP contribution in [-0.2, 0) is 4.79 Å². The van der Waals surface area contributed by atoms with E-state index in [0.29, 0.717) is 13.0 Å². The zero-order valence-electron chi connectivity index (χ0n) is 11.7. The average molecular weight is 262 g/mol. The Balaban J connectivity index is 1.87. The largest absolute Gasteiger partial charge is 0.370 e. The third kappa shape index (κ3) is 4.19. The number of carbonyl (C=O) groups is 1. The normalized spacial score (nSPS) is 14.8. The van der Waals surface area contributed by atoms with Crippen LogP contribution in [-0.4, -0.2) is 35.9 Å². The third-order valence-corrected chi connectivity index (χ3v) is 3.64. The molecule has 1 heterocycles. The van der Waals surface area contributed by atoms with E-state index >= 15 is 0 Å². The summed E-state index contributed by atoms with van der Waals surface area (Å²) in [5.41, 5.74) is 0. The Morgan fingerprint density at radius 2 is 2.26 bits per heavy atom. The van der Waals surface area contributed by atoms with Gasteiger partial charge in [-0.1, -0.05) is 6.42 Å². The second-order valence-corrected chi connectivity index (χ2v) is 5.31. The molecule has 1 N–H and O–H groups in total. The Hall–Kier alpha value is -1.65. The van der Waals surface area contributed by atoms with Crippen LogP contribution < -0.4 is 10.2 Å². The number of anilines is 2. The lowest BCUT2D eigenvalue weighted by Crippen LogP contribution is -2.23. The van der Waals surface area contributed by atoms with Crippen LogP contribution in [0.3, 0.4) is 0 Å². The number of nitrogens with zero attached hydrogens (tertiary/aromatic N) is 3. The van der Waals surface area contributed by atoms with Gasteiger partial charge in [0.25, 0.3) is 0 Å². The highest BCUT2D eigenvalue weighted by atomic mass is 16.1. The first-order valence-electron chi connectivity index (χ1n) is 6.91. The van der Waals surface area contributed by atoms with E-state index in [-0.39, 0.29) is 5.78 Å². The van der Waals surface area contributed by atoms with E-state index in [1.54, 1.807) is 13.3 Å². The van der Waals surface area contributed by atoms with Gasteiger partial charge < -0.3 is 10.2 Å². The highest BCUT2D eigenvalue weighted by Crippen LogP contribution is 2.26. The van der Waals surface area contributed by atoms with Gasteiger partial charge in [0.05, 0.1) is 0 Å². The Morgan fingerprint density at radius 1 is 1.47 bits per heavy atom. The molecule has 5 nitrogen and oxygen atoms in total. The molecule has 1 aromatic rings. The predicted molar refractivity (Wildman–Crippen MR) is 76.4 cm³/mol. The van der Waals surface area contributed by atoms with Crippen LogP contribution in [0.2, 0.25) is 0 Å². The highest BCUT2D eigenvalue weighted by Gasteiger charge is 2.17. The first-order valence-corrected chi connectivity index (χ1v) is 6.91. The van der Waals surface area contributed by atoms with Gasteiger partial charge in [-0.05, 0) is 25.7 Å².